The first-order valence-electron chi connectivity index (χ1n) is 8.59. The molecule has 2 aromatic carbocycles. The van der Waals surface area contributed by atoms with Gasteiger partial charge in [-0.25, -0.2) is 0 Å². The minimum atomic E-state index is -0.743. The summed E-state index contributed by atoms with van der Waals surface area (Å²) in [5, 5.41) is 8.34. The highest BCUT2D eigenvalue weighted by atomic mass is 16.2. The van der Waals surface area contributed by atoms with Gasteiger partial charge in [0.2, 0.25) is 11.8 Å². The largest absolute Gasteiger partial charge is 0.350 e. The smallest absolute Gasteiger partial charge is 0.254 e. The van der Waals surface area contributed by atoms with Crippen molar-refractivity contribution in [1.29, 1.82) is 0 Å². The van der Waals surface area contributed by atoms with Gasteiger partial charge in [0.25, 0.3) is 5.91 Å². The average molecular weight is 351 g/mol. The molecule has 2 atom stereocenters. The maximum absolute atomic E-state index is 12.3. The SMILES string of the molecule is CC(NC(=O)CCC1NC(=O)c2ccccc2NC1=O)c1ccccc1. The van der Waals surface area contributed by atoms with Crippen LogP contribution < -0.4 is 16.0 Å². The van der Waals surface area contributed by atoms with Gasteiger partial charge in [-0.15, -0.1) is 0 Å². The third-order valence-electron chi connectivity index (χ3n) is 4.39. The van der Waals surface area contributed by atoms with Gasteiger partial charge in [0.15, 0.2) is 0 Å². The number of amides is 3. The van der Waals surface area contributed by atoms with Crippen LogP contribution in [0, 0.1) is 0 Å². The predicted octanol–water partition coefficient (Wildman–Crippen LogP) is 2.39. The summed E-state index contributed by atoms with van der Waals surface area (Å²) in [5.74, 6) is -0.792. The zero-order chi connectivity index (χ0) is 18.5. The number of fused-ring (bicyclic) bond motifs is 1. The van der Waals surface area contributed by atoms with E-state index < -0.39 is 6.04 Å². The summed E-state index contributed by atoms with van der Waals surface area (Å²) in [7, 11) is 0. The summed E-state index contributed by atoms with van der Waals surface area (Å²) in [6, 6.07) is 15.6. The number of hydrogen-bond acceptors (Lipinski definition) is 3. The van der Waals surface area contributed by atoms with Crippen LogP contribution in [0.3, 0.4) is 0 Å². The van der Waals surface area contributed by atoms with Crippen molar-refractivity contribution in [2.45, 2.75) is 31.8 Å². The molecule has 1 aliphatic rings. The zero-order valence-corrected chi connectivity index (χ0v) is 14.5. The van der Waals surface area contributed by atoms with Crippen molar-refractivity contribution in [2.75, 3.05) is 5.32 Å². The molecule has 134 valence electrons. The van der Waals surface area contributed by atoms with Crippen LogP contribution in [0.25, 0.3) is 0 Å². The predicted molar refractivity (Wildman–Crippen MR) is 98.6 cm³/mol. The Hall–Kier alpha value is -3.15. The summed E-state index contributed by atoms with van der Waals surface area (Å²) in [4.78, 5) is 36.8. The second kappa shape index (κ2) is 7.82. The lowest BCUT2D eigenvalue weighted by atomic mass is 10.1. The van der Waals surface area contributed by atoms with E-state index in [9.17, 15) is 14.4 Å². The minimum absolute atomic E-state index is 0.120. The number of hydrogen-bond donors (Lipinski definition) is 3. The molecule has 6 heteroatoms. The van der Waals surface area contributed by atoms with Crippen LogP contribution in [-0.4, -0.2) is 23.8 Å². The van der Waals surface area contributed by atoms with E-state index in [-0.39, 0.29) is 36.6 Å². The van der Waals surface area contributed by atoms with Crippen LogP contribution in [0.2, 0.25) is 0 Å². The van der Waals surface area contributed by atoms with Gasteiger partial charge in [-0.3, -0.25) is 14.4 Å². The highest BCUT2D eigenvalue weighted by molar-refractivity contribution is 6.09. The molecule has 0 spiro atoms. The van der Waals surface area contributed by atoms with Gasteiger partial charge in [-0.1, -0.05) is 42.5 Å². The Kier molecular flexibility index (Phi) is 5.31. The first-order valence-corrected chi connectivity index (χ1v) is 8.59. The van der Waals surface area contributed by atoms with Gasteiger partial charge in [-0.2, -0.15) is 0 Å². The monoisotopic (exact) mass is 351 g/mol. The molecule has 0 fully saturated rings. The van der Waals surface area contributed by atoms with Gasteiger partial charge in [0, 0.05) is 6.42 Å². The standard InChI is InChI=1S/C20H21N3O3/c1-13(14-7-3-2-4-8-14)21-18(24)12-11-17-20(26)22-16-10-6-5-9-15(16)19(25)23-17/h2-10,13,17H,11-12H2,1H3,(H,21,24)(H,22,26)(H,23,25). The second-order valence-corrected chi connectivity index (χ2v) is 6.30. The Bertz CT molecular complexity index is 820. The van der Waals surface area contributed by atoms with E-state index in [1.807, 2.05) is 37.3 Å². The molecule has 26 heavy (non-hydrogen) atoms. The van der Waals surface area contributed by atoms with E-state index in [0.29, 0.717) is 11.3 Å². The summed E-state index contributed by atoms with van der Waals surface area (Å²) >= 11 is 0. The number of benzene rings is 2. The van der Waals surface area contributed by atoms with Crippen molar-refractivity contribution in [1.82, 2.24) is 10.6 Å². The van der Waals surface area contributed by atoms with Crippen LogP contribution in [0.15, 0.2) is 54.6 Å². The molecular weight excluding hydrogens is 330 g/mol. The first kappa shape index (κ1) is 17.7. The molecule has 0 bridgehead atoms. The fourth-order valence-corrected chi connectivity index (χ4v) is 2.93. The average Bonchev–Trinajstić information content (AvgIpc) is 2.77. The highest BCUT2D eigenvalue weighted by Gasteiger charge is 2.27. The Balaban J connectivity index is 1.57. The maximum atomic E-state index is 12.3. The maximum Gasteiger partial charge on any atom is 0.254 e. The first-order chi connectivity index (χ1) is 12.5. The number of anilines is 1. The van der Waals surface area contributed by atoms with Crippen LogP contribution in [0.5, 0.6) is 0 Å². The van der Waals surface area contributed by atoms with E-state index >= 15 is 0 Å². The van der Waals surface area contributed by atoms with Crippen molar-refractivity contribution in [3.05, 3.63) is 65.7 Å². The van der Waals surface area contributed by atoms with E-state index in [2.05, 4.69) is 16.0 Å². The van der Waals surface area contributed by atoms with Crippen LogP contribution in [0.4, 0.5) is 5.69 Å². The normalized spacial score (nSPS) is 17.3. The van der Waals surface area contributed by atoms with Crippen molar-refractivity contribution in [2.24, 2.45) is 0 Å². The van der Waals surface area contributed by atoms with Crippen LogP contribution in [-0.2, 0) is 9.59 Å². The van der Waals surface area contributed by atoms with Gasteiger partial charge < -0.3 is 16.0 Å². The number of nitrogens with one attached hydrogen (secondary N) is 3. The molecule has 2 aromatic rings. The number of carbonyl (C=O) groups excluding carboxylic acids is 3. The van der Waals surface area contributed by atoms with Crippen LogP contribution in [0.1, 0.15) is 41.7 Å². The lowest BCUT2D eigenvalue weighted by molar-refractivity contribution is -0.122. The van der Waals surface area contributed by atoms with E-state index in [0.717, 1.165) is 5.56 Å². The van der Waals surface area contributed by atoms with E-state index in [4.69, 9.17) is 0 Å². The Labute approximate surface area is 152 Å². The van der Waals surface area contributed by atoms with E-state index in [1.165, 1.54) is 0 Å². The van der Waals surface area contributed by atoms with Gasteiger partial charge in [-0.05, 0) is 31.0 Å². The molecule has 1 heterocycles. The lowest BCUT2D eigenvalue weighted by Crippen LogP contribution is -2.42. The van der Waals surface area contributed by atoms with Gasteiger partial charge in [0.1, 0.15) is 6.04 Å². The molecule has 0 saturated carbocycles. The lowest BCUT2D eigenvalue weighted by Gasteiger charge is -2.17. The molecule has 1 aliphatic heterocycles. The molecular formula is C20H21N3O3. The van der Waals surface area contributed by atoms with E-state index in [1.54, 1.807) is 24.3 Å². The number of para-hydroxylation sites is 1. The molecule has 3 amide bonds. The summed E-state index contributed by atoms with van der Waals surface area (Å²) in [6.45, 7) is 1.91. The van der Waals surface area contributed by atoms with Crippen LogP contribution >= 0.6 is 0 Å². The van der Waals surface area contributed by atoms with Crippen molar-refractivity contribution in [3.63, 3.8) is 0 Å². The Morgan fingerprint density at radius 1 is 1.08 bits per heavy atom. The zero-order valence-electron chi connectivity index (χ0n) is 14.5. The van der Waals surface area contributed by atoms with Crippen molar-refractivity contribution < 1.29 is 14.4 Å². The quantitative estimate of drug-likeness (QED) is 0.773. The number of rotatable bonds is 5. The van der Waals surface area contributed by atoms with Crippen molar-refractivity contribution >= 4 is 23.4 Å². The Morgan fingerprint density at radius 2 is 1.77 bits per heavy atom. The number of carbonyl (C=O) groups is 3. The minimum Gasteiger partial charge on any atom is -0.350 e. The third kappa shape index (κ3) is 4.08. The fourth-order valence-electron chi connectivity index (χ4n) is 2.93. The molecule has 0 aromatic heterocycles. The molecule has 0 radical (unpaired) electrons. The third-order valence-corrected chi connectivity index (χ3v) is 4.39. The molecule has 3 rings (SSSR count). The molecule has 0 saturated heterocycles. The summed E-state index contributed by atoms with van der Waals surface area (Å²) < 4.78 is 0. The Morgan fingerprint density at radius 3 is 2.54 bits per heavy atom. The van der Waals surface area contributed by atoms with Gasteiger partial charge in [0.05, 0.1) is 17.3 Å². The fraction of sp³-hybridized carbons (Fsp3) is 0.250. The van der Waals surface area contributed by atoms with Gasteiger partial charge >= 0.3 is 0 Å². The molecule has 0 aliphatic carbocycles. The molecule has 2 unspecified atom stereocenters. The molecule has 3 N–H and O–H groups in total. The second-order valence-electron chi connectivity index (χ2n) is 6.30. The topological polar surface area (TPSA) is 87.3 Å². The summed E-state index contributed by atoms with van der Waals surface area (Å²) in [6.07, 6.45) is 0.380. The van der Waals surface area contributed by atoms with Crippen molar-refractivity contribution in [3.8, 4) is 0 Å². The molecule has 6 nitrogen and oxygen atoms in total. The highest BCUT2D eigenvalue weighted by Crippen LogP contribution is 2.19. The summed E-state index contributed by atoms with van der Waals surface area (Å²) in [5.41, 5.74) is 1.92.